The minimum Gasteiger partial charge on any atom is -0.501 e. The summed E-state index contributed by atoms with van der Waals surface area (Å²) in [5, 5.41) is 0. The highest BCUT2D eigenvalue weighted by Crippen LogP contribution is 2.23. The second kappa shape index (κ2) is 9.62. The van der Waals surface area contributed by atoms with Crippen molar-refractivity contribution in [3.63, 3.8) is 0 Å². The van der Waals surface area contributed by atoms with E-state index >= 15 is 0 Å². The smallest absolute Gasteiger partial charge is 0.338 e. The Kier molecular flexibility index (Phi) is 7.24. The predicted molar refractivity (Wildman–Crippen MR) is 108 cm³/mol. The largest absolute Gasteiger partial charge is 0.501 e. The number of hydrogen-bond donors (Lipinski definition) is 0. The Morgan fingerprint density at radius 3 is 2.00 bits per heavy atom. The molecule has 2 rings (SSSR count). The van der Waals surface area contributed by atoms with Crippen LogP contribution in [0.25, 0.3) is 11.1 Å². The highest BCUT2D eigenvalue weighted by Gasteiger charge is 2.15. The molecule has 1 unspecified atom stereocenters. The van der Waals surface area contributed by atoms with E-state index in [0.29, 0.717) is 5.56 Å². The van der Waals surface area contributed by atoms with Gasteiger partial charge in [-0.25, -0.2) is 4.79 Å². The SMILES string of the molecule is C/C=C(\C=C(/C)OC)C(C)OC(=O)c1ccc(-c2ccc(OC)cc2)cc1. The van der Waals surface area contributed by atoms with Crippen molar-refractivity contribution in [2.24, 2.45) is 0 Å². The molecule has 1 atom stereocenters. The summed E-state index contributed by atoms with van der Waals surface area (Å²) in [6.45, 7) is 5.61. The molecule has 27 heavy (non-hydrogen) atoms. The number of carbonyl (C=O) groups is 1. The van der Waals surface area contributed by atoms with Crippen LogP contribution >= 0.6 is 0 Å². The highest BCUT2D eigenvalue weighted by atomic mass is 16.5. The molecular formula is C23H26O4. The van der Waals surface area contributed by atoms with Gasteiger partial charge >= 0.3 is 5.97 Å². The molecule has 0 fully saturated rings. The molecule has 0 aromatic heterocycles. The fourth-order valence-electron chi connectivity index (χ4n) is 2.61. The summed E-state index contributed by atoms with van der Waals surface area (Å²) >= 11 is 0. The van der Waals surface area contributed by atoms with Gasteiger partial charge in [0.25, 0.3) is 0 Å². The Labute approximate surface area is 161 Å². The second-order valence-electron chi connectivity index (χ2n) is 6.10. The Balaban J connectivity index is 2.08. The van der Waals surface area contributed by atoms with Crippen LogP contribution in [-0.4, -0.2) is 26.3 Å². The molecule has 0 aliphatic carbocycles. The van der Waals surface area contributed by atoms with E-state index in [-0.39, 0.29) is 12.1 Å². The lowest BCUT2D eigenvalue weighted by Crippen LogP contribution is -2.16. The number of hydrogen-bond acceptors (Lipinski definition) is 4. The predicted octanol–water partition coefficient (Wildman–Crippen LogP) is 5.40. The van der Waals surface area contributed by atoms with Gasteiger partial charge in [0.15, 0.2) is 0 Å². The summed E-state index contributed by atoms with van der Waals surface area (Å²) in [6, 6.07) is 15.2. The maximum Gasteiger partial charge on any atom is 0.338 e. The number of methoxy groups -OCH3 is 2. The first kappa shape index (κ1) is 20.3. The quantitative estimate of drug-likeness (QED) is 0.374. The van der Waals surface area contributed by atoms with Crippen LogP contribution in [0.2, 0.25) is 0 Å². The highest BCUT2D eigenvalue weighted by molar-refractivity contribution is 5.90. The van der Waals surface area contributed by atoms with Crippen LogP contribution in [0, 0.1) is 0 Å². The fourth-order valence-corrected chi connectivity index (χ4v) is 2.61. The molecule has 0 heterocycles. The van der Waals surface area contributed by atoms with Crippen LogP contribution in [0.1, 0.15) is 31.1 Å². The van der Waals surface area contributed by atoms with Crippen LogP contribution < -0.4 is 4.74 Å². The third-order valence-corrected chi connectivity index (χ3v) is 4.32. The first-order valence-electron chi connectivity index (χ1n) is 8.82. The molecule has 142 valence electrons. The van der Waals surface area contributed by atoms with Crippen molar-refractivity contribution in [2.75, 3.05) is 14.2 Å². The van der Waals surface area contributed by atoms with E-state index < -0.39 is 0 Å². The van der Waals surface area contributed by atoms with E-state index in [1.165, 1.54) is 0 Å². The summed E-state index contributed by atoms with van der Waals surface area (Å²) in [7, 11) is 3.25. The molecule has 0 saturated heterocycles. The Morgan fingerprint density at radius 1 is 0.963 bits per heavy atom. The molecule has 0 spiro atoms. The molecule has 0 saturated carbocycles. The van der Waals surface area contributed by atoms with E-state index in [0.717, 1.165) is 28.2 Å². The molecule has 0 aliphatic rings. The van der Waals surface area contributed by atoms with Gasteiger partial charge in [-0.3, -0.25) is 0 Å². The summed E-state index contributed by atoms with van der Waals surface area (Å²) in [4.78, 5) is 12.4. The number of carbonyl (C=O) groups excluding carboxylic acids is 1. The van der Waals surface area contributed by atoms with Crippen molar-refractivity contribution in [1.82, 2.24) is 0 Å². The van der Waals surface area contributed by atoms with Gasteiger partial charge < -0.3 is 14.2 Å². The normalized spacial score (nSPS) is 13.1. The van der Waals surface area contributed by atoms with Crippen molar-refractivity contribution in [3.8, 4) is 16.9 Å². The van der Waals surface area contributed by atoms with Crippen molar-refractivity contribution in [1.29, 1.82) is 0 Å². The molecule has 2 aromatic rings. The fraction of sp³-hybridized carbons (Fsp3) is 0.261. The van der Waals surface area contributed by atoms with Crippen molar-refractivity contribution in [3.05, 3.63) is 77.6 Å². The van der Waals surface area contributed by atoms with Gasteiger partial charge in [-0.05, 0) is 67.8 Å². The topological polar surface area (TPSA) is 44.8 Å². The molecule has 4 heteroatoms. The van der Waals surface area contributed by atoms with Crippen LogP contribution in [-0.2, 0) is 9.47 Å². The lowest BCUT2D eigenvalue weighted by atomic mass is 10.0. The van der Waals surface area contributed by atoms with Gasteiger partial charge in [-0.1, -0.05) is 30.3 Å². The zero-order valence-electron chi connectivity index (χ0n) is 16.5. The third kappa shape index (κ3) is 5.48. The summed E-state index contributed by atoms with van der Waals surface area (Å²) in [5.41, 5.74) is 3.48. The summed E-state index contributed by atoms with van der Waals surface area (Å²) in [5.74, 6) is 1.21. The van der Waals surface area contributed by atoms with E-state index in [1.807, 2.05) is 69.3 Å². The first-order chi connectivity index (χ1) is 13.0. The van der Waals surface area contributed by atoms with E-state index in [4.69, 9.17) is 14.2 Å². The Hall–Kier alpha value is -3.01. The molecule has 0 amide bonds. The maximum atomic E-state index is 12.4. The summed E-state index contributed by atoms with van der Waals surface area (Å²) in [6.07, 6.45) is 3.41. The average Bonchev–Trinajstić information content (AvgIpc) is 2.71. The maximum absolute atomic E-state index is 12.4. The van der Waals surface area contributed by atoms with Crippen LogP contribution in [0.4, 0.5) is 0 Å². The molecule has 0 radical (unpaired) electrons. The molecule has 0 N–H and O–H groups in total. The number of benzene rings is 2. The van der Waals surface area contributed by atoms with E-state index in [2.05, 4.69) is 0 Å². The minimum absolute atomic E-state index is 0.355. The molecular weight excluding hydrogens is 340 g/mol. The van der Waals surface area contributed by atoms with Gasteiger partial charge in [-0.2, -0.15) is 0 Å². The van der Waals surface area contributed by atoms with Gasteiger partial charge in [0.1, 0.15) is 11.9 Å². The first-order valence-corrected chi connectivity index (χ1v) is 8.82. The minimum atomic E-state index is -0.367. The van der Waals surface area contributed by atoms with Gasteiger partial charge in [0, 0.05) is 0 Å². The van der Waals surface area contributed by atoms with Crippen LogP contribution in [0.5, 0.6) is 5.75 Å². The standard InChI is InChI=1S/C23H26O4/c1-6-18(15-16(2)25-4)17(3)27-23(24)21-9-7-19(8-10-21)20-11-13-22(26-5)14-12-20/h6-15,17H,1-5H3/b16-15+,18-6+. The molecule has 0 aliphatic heterocycles. The monoisotopic (exact) mass is 366 g/mol. The Bertz CT molecular complexity index is 814. The van der Waals surface area contributed by atoms with Gasteiger partial charge in [0.2, 0.25) is 0 Å². The lowest BCUT2D eigenvalue weighted by Gasteiger charge is -2.15. The average molecular weight is 366 g/mol. The zero-order valence-corrected chi connectivity index (χ0v) is 16.5. The van der Waals surface area contributed by atoms with Crippen molar-refractivity contribution < 1.29 is 19.0 Å². The van der Waals surface area contributed by atoms with Gasteiger partial charge in [-0.15, -0.1) is 0 Å². The second-order valence-corrected chi connectivity index (χ2v) is 6.10. The number of esters is 1. The zero-order chi connectivity index (χ0) is 19.8. The number of rotatable bonds is 7. The van der Waals surface area contributed by atoms with Gasteiger partial charge in [0.05, 0.1) is 25.5 Å². The number of ether oxygens (including phenoxy) is 3. The van der Waals surface area contributed by atoms with Crippen molar-refractivity contribution in [2.45, 2.75) is 26.9 Å². The van der Waals surface area contributed by atoms with Crippen molar-refractivity contribution >= 4 is 5.97 Å². The van der Waals surface area contributed by atoms with E-state index in [1.54, 1.807) is 26.4 Å². The molecule has 0 bridgehead atoms. The van der Waals surface area contributed by atoms with Crippen LogP contribution in [0.3, 0.4) is 0 Å². The molecule has 2 aromatic carbocycles. The summed E-state index contributed by atoms with van der Waals surface area (Å²) < 4.78 is 15.9. The van der Waals surface area contributed by atoms with Crippen LogP contribution in [0.15, 0.2) is 72.0 Å². The third-order valence-electron chi connectivity index (χ3n) is 4.32. The molecule has 4 nitrogen and oxygen atoms in total. The number of allylic oxidation sites excluding steroid dienone is 2. The van der Waals surface area contributed by atoms with E-state index in [9.17, 15) is 4.79 Å². The Morgan fingerprint density at radius 2 is 1.52 bits per heavy atom. The lowest BCUT2D eigenvalue weighted by molar-refractivity contribution is 0.0410.